The zero-order valence-corrected chi connectivity index (χ0v) is 35.5. The zero-order valence-electron chi connectivity index (χ0n) is 35.5. The molecule has 2 unspecified atom stereocenters. The van der Waals surface area contributed by atoms with E-state index in [0.29, 0.717) is 6.42 Å². The van der Waals surface area contributed by atoms with Crippen molar-refractivity contribution in [3.63, 3.8) is 0 Å². The maximum absolute atomic E-state index is 12.4. The predicted octanol–water partition coefficient (Wildman–Crippen LogP) is 14.7. The molecule has 0 saturated heterocycles. The van der Waals surface area contributed by atoms with E-state index in [9.17, 15) is 15.0 Å². The molecule has 2 atom stereocenters. The van der Waals surface area contributed by atoms with Gasteiger partial charge >= 0.3 is 0 Å². The zero-order chi connectivity index (χ0) is 38.6. The van der Waals surface area contributed by atoms with Crippen molar-refractivity contribution in [2.24, 2.45) is 0 Å². The second-order valence-corrected chi connectivity index (χ2v) is 15.8. The van der Waals surface area contributed by atoms with Crippen LogP contribution in [0.4, 0.5) is 0 Å². The van der Waals surface area contributed by atoms with Crippen molar-refractivity contribution in [1.82, 2.24) is 5.32 Å². The maximum atomic E-state index is 12.4. The number of nitrogens with one attached hydrogen (secondary N) is 1. The molecule has 1 amide bonds. The lowest BCUT2D eigenvalue weighted by atomic mass is 10.0. The first-order chi connectivity index (χ1) is 26.2. The standard InChI is InChI=1S/C49H91NO3/c1-3-5-7-9-11-13-15-17-19-20-21-22-23-24-25-26-27-28-29-31-32-34-36-38-40-42-44-48(52)47(46-51)50-49(53)45-43-41-39-37-35-33-30-18-16-14-12-10-8-6-4-2/h12,14,18,30,34,36,42,44,47-48,51-52H,3-11,13,15-17,19-29,31-33,35,37-41,43,45-46H2,1-2H3,(H,50,53)/b14-12-,30-18-,36-34+,44-42+. The van der Waals surface area contributed by atoms with Crippen LogP contribution in [-0.2, 0) is 4.79 Å². The van der Waals surface area contributed by atoms with Crippen LogP contribution in [-0.4, -0.2) is 34.9 Å². The van der Waals surface area contributed by atoms with Gasteiger partial charge in [-0.05, 0) is 64.2 Å². The van der Waals surface area contributed by atoms with E-state index in [4.69, 9.17) is 0 Å². The van der Waals surface area contributed by atoms with Crippen LogP contribution in [0.25, 0.3) is 0 Å². The van der Waals surface area contributed by atoms with Crippen LogP contribution >= 0.6 is 0 Å². The van der Waals surface area contributed by atoms with Gasteiger partial charge in [0.05, 0.1) is 18.8 Å². The van der Waals surface area contributed by atoms with Crippen molar-refractivity contribution >= 4 is 5.91 Å². The second-order valence-electron chi connectivity index (χ2n) is 15.8. The van der Waals surface area contributed by atoms with Crippen LogP contribution in [0.3, 0.4) is 0 Å². The molecule has 3 N–H and O–H groups in total. The summed E-state index contributed by atoms with van der Waals surface area (Å²) in [4.78, 5) is 12.4. The van der Waals surface area contributed by atoms with Gasteiger partial charge in [-0.25, -0.2) is 0 Å². The molecule has 0 aliphatic carbocycles. The quantitative estimate of drug-likeness (QED) is 0.0431. The van der Waals surface area contributed by atoms with E-state index in [0.717, 1.165) is 51.4 Å². The third-order valence-corrected chi connectivity index (χ3v) is 10.5. The van der Waals surface area contributed by atoms with Crippen LogP contribution in [0, 0.1) is 0 Å². The lowest BCUT2D eigenvalue weighted by Crippen LogP contribution is -2.45. The minimum Gasteiger partial charge on any atom is -0.394 e. The third-order valence-electron chi connectivity index (χ3n) is 10.5. The van der Waals surface area contributed by atoms with Crippen LogP contribution in [0.1, 0.15) is 239 Å². The summed E-state index contributed by atoms with van der Waals surface area (Å²) in [5, 5.41) is 23.0. The lowest BCUT2D eigenvalue weighted by molar-refractivity contribution is -0.123. The number of unbranched alkanes of at least 4 members (excludes halogenated alkanes) is 29. The number of amides is 1. The number of aliphatic hydroxyl groups is 2. The number of carbonyl (C=O) groups is 1. The van der Waals surface area contributed by atoms with E-state index < -0.39 is 12.1 Å². The summed E-state index contributed by atoms with van der Waals surface area (Å²) < 4.78 is 0. The Labute approximate surface area is 331 Å². The molecule has 53 heavy (non-hydrogen) atoms. The molecule has 0 saturated carbocycles. The van der Waals surface area contributed by atoms with E-state index in [1.807, 2.05) is 6.08 Å². The SMILES string of the molecule is CCCCC/C=C\C/C=C\CCCCCCCC(=O)NC(CO)C(O)/C=C/CC/C=C/CCCCCCCCCCCCCCCCCCCCCC. The van der Waals surface area contributed by atoms with Crippen molar-refractivity contribution in [2.45, 2.75) is 251 Å². The van der Waals surface area contributed by atoms with Gasteiger partial charge in [-0.2, -0.15) is 0 Å². The molecule has 0 heterocycles. The Hall–Kier alpha value is -1.65. The summed E-state index contributed by atoms with van der Waals surface area (Å²) in [7, 11) is 0. The number of hydrogen-bond acceptors (Lipinski definition) is 3. The van der Waals surface area contributed by atoms with Crippen LogP contribution in [0.2, 0.25) is 0 Å². The third kappa shape index (κ3) is 41.4. The second kappa shape index (κ2) is 44.7. The Kier molecular flexibility index (Phi) is 43.4. The van der Waals surface area contributed by atoms with E-state index in [2.05, 4.69) is 55.6 Å². The van der Waals surface area contributed by atoms with Gasteiger partial charge in [0.15, 0.2) is 0 Å². The van der Waals surface area contributed by atoms with Gasteiger partial charge < -0.3 is 15.5 Å². The largest absolute Gasteiger partial charge is 0.394 e. The van der Waals surface area contributed by atoms with Crippen molar-refractivity contribution in [2.75, 3.05) is 6.61 Å². The van der Waals surface area contributed by atoms with Gasteiger partial charge in [-0.3, -0.25) is 4.79 Å². The average Bonchev–Trinajstić information content (AvgIpc) is 3.16. The summed E-state index contributed by atoms with van der Waals surface area (Å²) in [6.45, 7) is 4.27. The average molecular weight is 742 g/mol. The molecule has 0 aromatic heterocycles. The van der Waals surface area contributed by atoms with Gasteiger partial charge in [0.2, 0.25) is 5.91 Å². The smallest absolute Gasteiger partial charge is 0.220 e. The Bertz CT molecular complexity index is 847. The molecule has 0 aliphatic heterocycles. The number of hydrogen-bond donors (Lipinski definition) is 3. The summed E-state index contributed by atoms with van der Waals surface area (Å²) in [6, 6.07) is -0.647. The van der Waals surface area contributed by atoms with Crippen molar-refractivity contribution in [3.05, 3.63) is 48.6 Å². The van der Waals surface area contributed by atoms with Crippen molar-refractivity contribution < 1.29 is 15.0 Å². The van der Waals surface area contributed by atoms with E-state index in [1.54, 1.807) is 6.08 Å². The molecule has 0 fully saturated rings. The normalized spacial score (nSPS) is 13.4. The summed E-state index contributed by atoms with van der Waals surface area (Å²) in [5.74, 6) is -0.0878. The Balaban J connectivity index is 3.58. The van der Waals surface area contributed by atoms with Gasteiger partial charge in [0.25, 0.3) is 0 Å². The van der Waals surface area contributed by atoms with Gasteiger partial charge in [-0.15, -0.1) is 0 Å². The highest BCUT2D eigenvalue weighted by molar-refractivity contribution is 5.76. The Morgan fingerprint density at radius 3 is 1.25 bits per heavy atom. The van der Waals surface area contributed by atoms with Gasteiger partial charge in [0.1, 0.15) is 0 Å². The first kappa shape index (κ1) is 51.4. The number of allylic oxidation sites excluding steroid dienone is 7. The fraction of sp³-hybridized carbons (Fsp3) is 0.816. The molecule has 310 valence electrons. The molecule has 0 bridgehead atoms. The number of carbonyl (C=O) groups excluding carboxylic acids is 1. The number of rotatable bonds is 42. The molecule has 0 aromatic rings. The fourth-order valence-electron chi connectivity index (χ4n) is 6.93. The highest BCUT2D eigenvalue weighted by Gasteiger charge is 2.17. The molecule has 0 aromatic carbocycles. The first-order valence-electron chi connectivity index (χ1n) is 23.4. The Morgan fingerprint density at radius 2 is 0.792 bits per heavy atom. The minimum absolute atomic E-state index is 0.0878. The lowest BCUT2D eigenvalue weighted by Gasteiger charge is -2.19. The minimum atomic E-state index is -0.869. The molecule has 0 radical (unpaired) electrons. The highest BCUT2D eigenvalue weighted by atomic mass is 16.3. The van der Waals surface area contributed by atoms with Crippen LogP contribution in [0.5, 0.6) is 0 Å². The fourth-order valence-corrected chi connectivity index (χ4v) is 6.93. The molecule has 0 rings (SSSR count). The van der Waals surface area contributed by atoms with Gasteiger partial charge in [-0.1, -0.05) is 217 Å². The summed E-state index contributed by atoms with van der Waals surface area (Å²) >= 11 is 0. The highest BCUT2D eigenvalue weighted by Crippen LogP contribution is 2.15. The molecule has 4 heteroatoms. The van der Waals surface area contributed by atoms with E-state index in [-0.39, 0.29) is 12.5 Å². The maximum Gasteiger partial charge on any atom is 0.220 e. The molecular weight excluding hydrogens is 651 g/mol. The first-order valence-corrected chi connectivity index (χ1v) is 23.4. The van der Waals surface area contributed by atoms with Crippen molar-refractivity contribution in [1.29, 1.82) is 0 Å². The monoisotopic (exact) mass is 742 g/mol. The molecular formula is C49H91NO3. The summed E-state index contributed by atoms with van der Waals surface area (Å²) in [6.07, 6.45) is 60.9. The number of aliphatic hydroxyl groups excluding tert-OH is 2. The van der Waals surface area contributed by atoms with Crippen molar-refractivity contribution in [3.8, 4) is 0 Å². The topological polar surface area (TPSA) is 69.6 Å². The predicted molar refractivity (Wildman–Crippen MR) is 235 cm³/mol. The Morgan fingerprint density at radius 1 is 0.453 bits per heavy atom. The molecule has 0 spiro atoms. The van der Waals surface area contributed by atoms with E-state index in [1.165, 1.54) is 167 Å². The summed E-state index contributed by atoms with van der Waals surface area (Å²) in [5.41, 5.74) is 0. The molecule has 4 nitrogen and oxygen atoms in total. The van der Waals surface area contributed by atoms with Gasteiger partial charge in [0, 0.05) is 6.42 Å². The molecule has 0 aliphatic rings. The van der Waals surface area contributed by atoms with E-state index >= 15 is 0 Å². The van der Waals surface area contributed by atoms with Crippen LogP contribution < -0.4 is 5.32 Å². The van der Waals surface area contributed by atoms with Crippen LogP contribution in [0.15, 0.2) is 48.6 Å².